The maximum Gasteiger partial charge on any atom is 0.325 e. The highest BCUT2D eigenvalue weighted by molar-refractivity contribution is 5.89. The first-order chi connectivity index (χ1) is 7.00. The lowest BCUT2D eigenvalue weighted by molar-refractivity contribution is -0.138. The second-order valence-corrected chi connectivity index (χ2v) is 2.98. The van der Waals surface area contributed by atoms with Crippen molar-refractivity contribution >= 4 is 17.6 Å². The van der Waals surface area contributed by atoms with Crippen LogP contribution in [0.15, 0.2) is 24.3 Å². The first-order valence-corrected chi connectivity index (χ1v) is 4.20. The Labute approximate surface area is 86.4 Å². The summed E-state index contributed by atoms with van der Waals surface area (Å²) in [5.74, 6) is -1.26. The molecule has 0 aliphatic carbocycles. The third kappa shape index (κ3) is 2.96. The van der Waals surface area contributed by atoms with Crippen LogP contribution in [0.25, 0.3) is 0 Å². The largest absolute Gasteiger partial charge is 0.480 e. The fourth-order valence-electron chi connectivity index (χ4n) is 1.07. The highest BCUT2D eigenvalue weighted by Gasteiger charge is 2.13. The van der Waals surface area contributed by atoms with Crippen LogP contribution in [0.1, 0.15) is 11.6 Å². The first-order valence-electron chi connectivity index (χ1n) is 4.20. The van der Waals surface area contributed by atoms with Gasteiger partial charge in [-0.3, -0.25) is 10.2 Å². The van der Waals surface area contributed by atoms with Crippen molar-refractivity contribution in [3.63, 3.8) is 0 Å². The predicted octanol–water partition coefficient (Wildman–Crippen LogP) is 0.0764. The normalized spacial score (nSPS) is 11.8. The van der Waals surface area contributed by atoms with Crippen LogP contribution in [0.4, 0.5) is 5.69 Å². The number of aliphatic carboxylic acids is 1. The molecule has 6 heteroatoms. The summed E-state index contributed by atoms with van der Waals surface area (Å²) < 4.78 is 0. The molecule has 0 fully saturated rings. The fraction of sp³-hybridized carbons (Fsp3) is 0.111. The van der Waals surface area contributed by atoms with E-state index in [0.29, 0.717) is 11.3 Å². The number of anilines is 1. The summed E-state index contributed by atoms with van der Waals surface area (Å²) in [6.45, 7) is 0. The molecule has 0 heterocycles. The molecule has 0 radical (unpaired) electrons. The third-order valence-electron chi connectivity index (χ3n) is 1.81. The van der Waals surface area contributed by atoms with Crippen molar-refractivity contribution in [3.8, 4) is 0 Å². The highest BCUT2D eigenvalue weighted by Crippen LogP contribution is 2.14. The molecule has 1 rings (SSSR count). The van der Waals surface area contributed by atoms with Crippen molar-refractivity contribution in [1.29, 1.82) is 5.41 Å². The molecule has 80 valence electrons. The van der Waals surface area contributed by atoms with E-state index in [1.54, 1.807) is 24.3 Å². The van der Waals surface area contributed by atoms with E-state index in [0.717, 1.165) is 0 Å². The maximum atomic E-state index is 10.6. The Morgan fingerprint density at radius 3 is 2.33 bits per heavy atom. The van der Waals surface area contributed by atoms with Gasteiger partial charge in [-0.05, 0) is 17.7 Å². The monoisotopic (exact) mass is 208 g/mol. The summed E-state index contributed by atoms with van der Waals surface area (Å²) in [6.07, 6.45) is 0. The van der Waals surface area contributed by atoms with Crippen molar-refractivity contribution in [2.45, 2.75) is 6.04 Å². The molecular formula is C9H12N4O2. The molecule has 1 aromatic rings. The van der Waals surface area contributed by atoms with Crippen LogP contribution in [0.2, 0.25) is 0 Å². The molecule has 7 N–H and O–H groups in total. The van der Waals surface area contributed by atoms with Crippen LogP contribution >= 0.6 is 0 Å². The number of hydrogen-bond donors (Lipinski definition) is 5. The van der Waals surface area contributed by atoms with Crippen LogP contribution in [-0.4, -0.2) is 17.0 Å². The highest BCUT2D eigenvalue weighted by atomic mass is 16.4. The molecule has 0 aliphatic rings. The zero-order chi connectivity index (χ0) is 11.4. The van der Waals surface area contributed by atoms with Gasteiger partial charge < -0.3 is 21.9 Å². The molecule has 1 aromatic carbocycles. The fourth-order valence-corrected chi connectivity index (χ4v) is 1.07. The van der Waals surface area contributed by atoms with Gasteiger partial charge in [0.15, 0.2) is 5.96 Å². The average Bonchev–Trinajstić information content (AvgIpc) is 2.17. The maximum absolute atomic E-state index is 10.6. The van der Waals surface area contributed by atoms with E-state index >= 15 is 0 Å². The lowest BCUT2D eigenvalue weighted by Crippen LogP contribution is -2.21. The Hall–Kier alpha value is -2.08. The number of hydrogen-bond acceptors (Lipinski definition) is 3. The Balaban J connectivity index is 2.80. The average molecular weight is 208 g/mol. The molecular weight excluding hydrogens is 196 g/mol. The lowest BCUT2D eigenvalue weighted by Gasteiger charge is -2.08. The van der Waals surface area contributed by atoms with E-state index in [4.69, 9.17) is 22.0 Å². The van der Waals surface area contributed by atoms with Crippen LogP contribution in [0.3, 0.4) is 0 Å². The Morgan fingerprint density at radius 1 is 1.40 bits per heavy atom. The van der Waals surface area contributed by atoms with Crippen molar-refractivity contribution in [3.05, 3.63) is 29.8 Å². The van der Waals surface area contributed by atoms with Gasteiger partial charge in [0, 0.05) is 5.69 Å². The van der Waals surface area contributed by atoms with Crippen molar-refractivity contribution in [1.82, 2.24) is 0 Å². The molecule has 0 aliphatic heterocycles. The molecule has 0 saturated carbocycles. The second-order valence-electron chi connectivity index (χ2n) is 2.98. The molecule has 0 spiro atoms. The summed E-state index contributed by atoms with van der Waals surface area (Å²) in [6, 6.07) is 5.34. The van der Waals surface area contributed by atoms with Crippen LogP contribution < -0.4 is 16.8 Å². The van der Waals surface area contributed by atoms with Gasteiger partial charge in [-0.1, -0.05) is 12.1 Å². The van der Waals surface area contributed by atoms with Crippen molar-refractivity contribution in [2.24, 2.45) is 11.5 Å². The van der Waals surface area contributed by atoms with Crippen molar-refractivity contribution in [2.75, 3.05) is 5.32 Å². The minimum absolute atomic E-state index is 0.176. The summed E-state index contributed by atoms with van der Waals surface area (Å²) in [4.78, 5) is 10.6. The van der Waals surface area contributed by atoms with Gasteiger partial charge in [-0.2, -0.15) is 0 Å². The summed E-state index contributed by atoms with van der Waals surface area (Å²) in [7, 11) is 0. The summed E-state index contributed by atoms with van der Waals surface area (Å²) in [5.41, 5.74) is 11.6. The minimum Gasteiger partial charge on any atom is -0.480 e. The smallest absolute Gasteiger partial charge is 0.325 e. The standard InChI is InChI=1S/C9H12N4O2/c10-7(8(14)15)5-1-3-6(4-2-5)13-9(11)12/h1-4,7H,10H2,(H,14,15)(H4,11,12,13). The van der Waals surface area contributed by atoms with E-state index < -0.39 is 12.0 Å². The van der Waals surface area contributed by atoms with Gasteiger partial charge in [0.2, 0.25) is 0 Å². The summed E-state index contributed by atoms with van der Waals surface area (Å²) in [5, 5.41) is 18.2. The van der Waals surface area contributed by atoms with E-state index in [1.165, 1.54) is 0 Å². The number of carboxylic acids is 1. The molecule has 0 saturated heterocycles. The van der Waals surface area contributed by atoms with Gasteiger partial charge >= 0.3 is 5.97 Å². The van der Waals surface area contributed by atoms with Crippen molar-refractivity contribution < 1.29 is 9.90 Å². The molecule has 6 nitrogen and oxygen atoms in total. The summed E-state index contributed by atoms with van der Waals surface area (Å²) >= 11 is 0. The van der Waals surface area contributed by atoms with E-state index in [9.17, 15) is 4.79 Å². The second kappa shape index (κ2) is 4.43. The molecule has 0 bridgehead atoms. The SMILES string of the molecule is N=C(N)Nc1ccc(C(N)C(=O)O)cc1. The number of nitrogens with one attached hydrogen (secondary N) is 2. The number of rotatable bonds is 3. The number of benzene rings is 1. The zero-order valence-electron chi connectivity index (χ0n) is 7.90. The zero-order valence-corrected chi connectivity index (χ0v) is 7.90. The van der Waals surface area contributed by atoms with E-state index in [2.05, 4.69) is 5.32 Å². The van der Waals surface area contributed by atoms with E-state index in [1.807, 2.05) is 0 Å². The molecule has 1 atom stereocenters. The Bertz CT molecular complexity index is 374. The first kappa shape index (κ1) is 11.0. The quantitative estimate of drug-likeness (QED) is 0.355. The van der Waals surface area contributed by atoms with E-state index in [-0.39, 0.29) is 5.96 Å². The number of guanidine groups is 1. The van der Waals surface area contributed by atoms with Gasteiger partial charge in [-0.15, -0.1) is 0 Å². The van der Waals surface area contributed by atoms with Gasteiger partial charge in [-0.25, -0.2) is 0 Å². The Kier molecular flexibility index (Phi) is 3.25. The molecule has 1 unspecified atom stereocenters. The molecule has 15 heavy (non-hydrogen) atoms. The predicted molar refractivity (Wildman–Crippen MR) is 56.5 cm³/mol. The number of nitrogens with two attached hydrogens (primary N) is 2. The van der Waals surface area contributed by atoms with Crippen LogP contribution in [0.5, 0.6) is 0 Å². The molecule has 0 aromatic heterocycles. The van der Waals surface area contributed by atoms with Gasteiger partial charge in [0.25, 0.3) is 0 Å². The van der Waals surface area contributed by atoms with Gasteiger partial charge in [0.05, 0.1) is 0 Å². The number of carboxylic acid groups (broad SMARTS) is 1. The Morgan fingerprint density at radius 2 is 1.93 bits per heavy atom. The van der Waals surface area contributed by atoms with Gasteiger partial charge in [0.1, 0.15) is 6.04 Å². The third-order valence-corrected chi connectivity index (χ3v) is 1.81. The molecule has 0 amide bonds. The topological polar surface area (TPSA) is 125 Å². The lowest BCUT2D eigenvalue weighted by atomic mass is 10.1. The van der Waals surface area contributed by atoms with Crippen LogP contribution in [0, 0.1) is 5.41 Å². The van der Waals surface area contributed by atoms with Crippen LogP contribution in [-0.2, 0) is 4.79 Å². The number of carbonyl (C=O) groups is 1. The minimum atomic E-state index is -1.08.